The van der Waals surface area contributed by atoms with Gasteiger partial charge in [-0.2, -0.15) is 0 Å². The van der Waals surface area contributed by atoms with Gasteiger partial charge in [-0.15, -0.1) is 0 Å². The minimum atomic E-state index is 0.143. The Morgan fingerprint density at radius 1 is 1.12 bits per heavy atom. The zero-order valence-electron chi connectivity index (χ0n) is 10.2. The van der Waals surface area contributed by atoms with E-state index in [1.54, 1.807) is 0 Å². The van der Waals surface area contributed by atoms with Crippen LogP contribution in [-0.2, 0) is 6.54 Å². The highest BCUT2D eigenvalue weighted by Crippen LogP contribution is 2.15. The summed E-state index contributed by atoms with van der Waals surface area (Å²) in [5.74, 6) is 0. The molecular formula is C14H22N2. The molecule has 0 amide bonds. The highest BCUT2D eigenvalue weighted by Gasteiger charge is 2.10. The van der Waals surface area contributed by atoms with E-state index in [0.29, 0.717) is 0 Å². The summed E-state index contributed by atoms with van der Waals surface area (Å²) in [4.78, 5) is 2.55. The molecule has 1 unspecified atom stereocenters. The van der Waals surface area contributed by atoms with Gasteiger partial charge in [0.25, 0.3) is 0 Å². The van der Waals surface area contributed by atoms with Gasteiger partial charge in [0.15, 0.2) is 0 Å². The van der Waals surface area contributed by atoms with Crippen molar-refractivity contribution < 1.29 is 0 Å². The van der Waals surface area contributed by atoms with Gasteiger partial charge in [-0.1, -0.05) is 30.7 Å². The number of likely N-dealkylation sites (tertiary alicyclic amines) is 1. The van der Waals surface area contributed by atoms with E-state index in [-0.39, 0.29) is 6.04 Å². The second-order valence-corrected chi connectivity index (χ2v) is 4.87. The minimum absolute atomic E-state index is 0.143. The normalized spacial score (nSPS) is 19.6. The van der Waals surface area contributed by atoms with E-state index in [0.717, 1.165) is 6.54 Å². The molecule has 0 spiro atoms. The monoisotopic (exact) mass is 218 g/mol. The first kappa shape index (κ1) is 11.6. The van der Waals surface area contributed by atoms with Gasteiger partial charge < -0.3 is 5.73 Å². The number of benzene rings is 1. The van der Waals surface area contributed by atoms with Crippen molar-refractivity contribution in [3.8, 4) is 0 Å². The first-order chi connectivity index (χ1) is 7.75. The van der Waals surface area contributed by atoms with Gasteiger partial charge in [0.1, 0.15) is 0 Å². The second-order valence-electron chi connectivity index (χ2n) is 4.87. The topological polar surface area (TPSA) is 29.3 Å². The van der Waals surface area contributed by atoms with Crippen molar-refractivity contribution in [1.82, 2.24) is 4.90 Å². The Kier molecular flexibility index (Phi) is 3.97. The molecule has 1 atom stereocenters. The van der Waals surface area contributed by atoms with E-state index in [1.807, 2.05) is 6.92 Å². The Morgan fingerprint density at radius 3 is 2.31 bits per heavy atom. The molecule has 2 rings (SSSR count). The Bertz CT molecular complexity index is 310. The Balaban J connectivity index is 1.93. The Labute approximate surface area is 98.4 Å². The molecule has 2 nitrogen and oxygen atoms in total. The molecule has 0 radical (unpaired) electrons. The summed E-state index contributed by atoms with van der Waals surface area (Å²) in [7, 11) is 0. The quantitative estimate of drug-likeness (QED) is 0.845. The lowest BCUT2D eigenvalue weighted by Crippen LogP contribution is -2.29. The zero-order chi connectivity index (χ0) is 11.4. The van der Waals surface area contributed by atoms with Gasteiger partial charge >= 0.3 is 0 Å². The fourth-order valence-corrected chi connectivity index (χ4v) is 2.30. The number of hydrogen-bond acceptors (Lipinski definition) is 2. The lowest BCUT2D eigenvalue weighted by molar-refractivity contribution is 0.221. The molecule has 88 valence electrons. The molecule has 1 aromatic carbocycles. The lowest BCUT2D eigenvalue weighted by atomic mass is 10.1. The van der Waals surface area contributed by atoms with Crippen molar-refractivity contribution >= 4 is 0 Å². The summed E-state index contributed by atoms with van der Waals surface area (Å²) in [5, 5.41) is 0. The van der Waals surface area contributed by atoms with Crippen molar-refractivity contribution in [3.05, 3.63) is 35.4 Å². The van der Waals surface area contributed by atoms with Crippen LogP contribution in [-0.4, -0.2) is 18.0 Å². The van der Waals surface area contributed by atoms with E-state index in [2.05, 4.69) is 29.2 Å². The van der Waals surface area contributed by atoms with E-state index >= 15 is 0 Å². The Morgan fingerprint density at radius 2 is 1.75 bits per heavy atom. The molecule has 1 fully saturated rings. The largest absolute Gasteiger partial charge is 0.324 e. The first-order valence-electron chi connectivity index (χ1n) is 6.32. The third kappa shape index (κ3) is 3.06. The lowest BCUT2D eigenvalue weighted by Gasteiger charge is -2.26. The van der Waals surface area contributed by atoms with Crippen LogP contribution in [0.2, 0.25) is 0 Å². The van der Waals surface area contributed by atoms with Gasteiger partial charge in [0.2, 0.25) is 0 Å². The van der Waals surface area contributed by atoms with Crippen LogP contribution in [0, 0.1) is 0 Å². The maximum Gasteiger partial charge on any atom is 0.0266 e. The fraction of sp³-hybridized carbons (Fsp3) is 0.571. The zero-order valence-corrected chi connectivity index (χ0v) is 10.2. The third-order valence-electron chi connectivity index (χ3n) is 3.36. The molecule has 2 N–H and O–H groups in total. The van der Waals surface area contributed by atoms with Crippen LogP contribution >= 0.6 is 0 Å². The van der Waals surface area contributed by atoms with E-state index in [1.165, 1.54) is 43.5 Å². The summed E-state index contributed by atoms with van der Waals surface area (Å²) in [6.07, 6.45) is 4.12. The van der Waals surface area contributed by atoms with Gasteiger partial charge in [-0.05, 0) is 44.0 Å². The van der Waals surface area contributed by atoms with Gasteiger partial charge in [-0.25, -0.2) is 0 Å². The molecule has 0 saturated carbocycles. The maximum atomic E-state index is 5.84. The molecule has 1 heterocycles. The van der Waals surface area contributed by atoms with Crippen molar-refractivity contribution in [1.29, 1.82) is 0 Å². The SMILES string of the molecule is CC(N)c1ccc(CN2CCCCC2)cc1. The maximum absolute atomic E-state index is 5.84. The van der Waals surface area contributed by atoms with Crippen LogP contribution in [0.1, 0.15) is 43.4 Å². The molecule has 0 aliphatic carbocycles. The van der Waals surface area contributed by atoms with E-state index in [4.69, 9.17) is 5.73 Å². The molecule has 1 aromatic rings. The highest BCUT2D eigenvalue weighted by molar-refractivity contribution is 5.24. The Hall–Kier alpha value is -0.860. The molecule has 2 heteroatoms. The molecule has 0 bridgehead atoms. The van der Waals surface area contributed by atoms with Gasteiger partial charge in [0, 0.05) is 12.6 Å². The van der Waals surface area contributed by atoms with Crippen LogP contribution in [0.5, 0.6) is 0 Å². The summed E-state index contributed by atoms with van der Waals surface area (Å²) >= 11 is 0. The molecule has 16 heavy (non-hydrogen) atoms. The van der Waals surface area contributed by atoms with E-state index in [9.17, 15) is 0 Å². The van der Waals surface area contributed by atoms with Gasteiger partial charge in [0.05, 0.1) is 0 Å². The molecule has 0 aromatic heterocycles. The van der Waals surface area contributed by atoms with Crippen LogP contribution in [0.25, 0.3) is 0 Å². The fourth-order valence-electron chi connectivity index (χ4n) is 2.30. The van der Waals surface area contributed by atoms with Crippen molar-refractivity contribution in [2.75, 3.05) is 13.1 Å². The number of piperidine rings is 1. The first-order valence-corrected chi connectivity index (χ1v) is 6.32. The van der Waals surface area contributed by atoms with E-state index < -0.39 is 0 Å². The molecular weight excluding hydrogens is 196 g/mol. The highest BCUT2D eigenvalue weighted by atomic mass is 15.1. The number of nitrogens with two attached hydrogens (primary N) is 1. The molecule has 1 aliphatic heterocycles. The second kappa shape index (κ2) is 5.46. The number of rotatable bonds is 3. The third-order valence-corrected chi connectivity index (χ3v) is 3.36. The average Bonchev–Trinajstić information content (AvgIpc) is 2.31. The summed E-state index contributed by atoms with van der Waals surface area (Å²) in [5.41, 5.74) is 8.47. The van der Waals surface area contributed by atoms with Crippen molar-refractivity contribution in [2.45, 2.75) is 38.8 Å². The molecule has 1 saturated heterocycles. The minimum Gasteiger partial charge on any atom is -0.324 e. The standard InChI is InChI=1S/C14H22N2/c1-12(15)14-7-5-13(6-8-14)11-16-9-3-2-4-10-16/h5-8,12H,2-4,9-11,15H2,1H3. The smallest absolute Gasteiger partial charge is 0.0266 e. The average molecular weight is 218 g/mol. The molecule has 1 aliphatic rings. The summed E-state index contributed by atoms with van der Waals surface area (Å²) in [6.45, 7) is 5.64. The van der Waals surface area contributed by atoms with Crippen LogP contribution in [0.4, 0.5) is 0 Å². The van der Waals surface area contributed by atoms with Gasteiger partial charge in [-0.3, -0.25) is 4.90 Å². The van der Waals surface area contributed by atoms with Crippen LogP contribution in [0.3, 0.4) is 0 Å². The van der Waals surface area contributed by atoms with Crippen molar-refractivity contribution in [3.63, 3.8) is 0 Å². The number of hydrogen-bond donors (Lipinski definition) is 1. The van der Waals surface area contributed by atoms with Crippen LogP contribution in [0.15, 0.2) is 24.3 Å². The van der Waals surface area contributed by atoms with Crippen LogP contribution < -0.4 is 5.73 Å². The van der Waals surface area contributed by atoms with Crippen molar-refractivity contribution in [2.24, 2.45) is 5.73 Å². The predicted octanol–water partition coefficient (Wildman–Crippen LogP) is 2.69. The number of nitrogens with zero attached hydrogens (tertiary/aromatic N) is 1. The predicted molar refractivity (Wildman–Crippen MR) is 68.2 cm³/mol. The summed E-state index contributed by atoms with van der Waals surface area (Å²) < 4.78 is 0. The summed E-state index contributed by atoms with van der Waals surface area (Å²) in [6, 6.07) is 8.89.